The molecule has 0 radical (unpaired) electrons. The Labute approximate surface area is 120 Å². The fourth-order valence-electron chi connectivity index (χ4n) is 2.42. The van der Waals surface area contributed by atoms with E-state index in [1.807, 2.05) is 6.07 Å². The predicted molar refractivity (Wildman–Crippen MR) is 80.4 cm³/mol. The van der Waals surface area contributed by atoms with Crippen molar-refractivity contribution in [1.82, 2.24) is 5.32 Å². The molecule has 2 rings (SSSR count). The SMILES string of the molecule is CC(C)N(CCCO)c1cccc(F)c1CNC1CC1. The Morgan fingerprint density at radius 2 is 2.15 bits per heavy atom. The number of nitrogens with zero attached hydrogens (tertiary/aromatic N) is 1. The second-order valence-electron chi connectivity index (χ2n) is 5.76. The van der Waals surface area contributed by atoms with E-state index in [0.29, 0.717) is 19.0 Å². The Hall–Kier alpha value is -1.13. The Balaban J connectivity index is 2.19. The number of hydrogen-bond donors (Lipinski definition) is 2. The normalized spacial score (nSPS) is 14.8. The molecule has 20 heavy (non-hydrogen) atoms. The number of rotatable bonds is 8. The summed E-state index contributed by atoms with van der Waals surface area (Å²) in [6.07, 6.45) is 3.09. The van der Waals surface area contributed by atoms with Gasteiger partial charge in [-0.05, 0) is 45.2 Å². The molecule has 0 spiro atoms. The van der Waals surface area contributed by atoms with Gasteiger partial charge < -0.3 is 15.3 Å². The highest BCUT2D eigenvalue weighted by molar-refractivity contribution is 5.55. The molecule has 0 heterocycles. The Morgan fingerprint density at radius 1 is 1.40 bits per heavy atom. The standard InChI is InChI=1S/C16H25FN2O/c1-12(2)19(9-4-10-20)16-6-3-5-15(17)14(16)11-18-13-7-8-13/h3,5-6,12-13,18,20H,4,7-11H2,1-2H3. The minimum absolute atomic E-state index is 0.148. The third-order valence-corrected chi connectivity index (χ3v) is 3.73. The maximum Gasteiger partial charge on any atom is 0.129 e. The van der Waals surface area contributed by atoms with E-state index in [1.165, 1.54) is 18.9 Å². The van der Waals surface area contributed by atoms with Crippen LogP contribution in [0.2, 0.25) is 0 Å². The maximum atomic E-state index is 14.2. The van der Waals surface area contributed by atoms with Crippen LogP contribution in [-0.2, 0) is 6.54 Å². The quantitative estimate of drug-likeness (QED) is 0.768. The molecule has 0 unspecified atom stereocenters. The average Bonchev–Trinajstić information content (AvgIpc) is 3.22. The second kappa shape index (κ2) is 7.04. The molecule has 1 fully saturated rings. The van der Waals surface area contributed by atoms with Crippen LogP contribution in [0.5, 0.6) is 0 Å². The largest absolute Gasteiger partial charge is 0.396 e. The van der Waals surface area contributed by atoms with Crippen molar-refractivity contribution in [2.45, 2.75) is 51.7 Å². The molecule has 1 aromatic rings. The third-order valence-electron chi connectivity index (χ3n) is 3.73. The summed E-state index contributed by atoms with van der Waals surface area (Å²) in [6, 6.07) is 6.11. The number of halogens is 1. The number of benzene rings is 1. The van der Waals surface area contributed by atoms with Gasteiger partial charge in [-0.25, -0.2) is 4.39 Å². The van der Waals surface area contributed by atoms with Gasteiger partial charge in [0.2, 0.25) is 0 Å². The fraction of sp³-hybridized carbons (Fsp3) is 0.625. The summed E-state index contributed by atoms with van der Waals surface area (Å²) in [4.78, 5) is 2.17. The van der Waals surface area contributed by atoms with Crippen LogP contribution in [0.1, 0.15) is 38.7 Å². The Bertz CT molecular complexity index is 432. The number of aliphatic hydroxyl groups is 1. The van der Waals surface area contributed by atoms with Crippen molar-refractivity contribution in [3.05, 3.63) is 29.6 Å². The molecule has 0 atom stereocenters. The van der Waals surface area contributed by atoms with Gasteiger partial charge >= 0.3 is 0 Å². The van der Waals surface area contributed by atoms with Crippen molar-refractivity contribution in [3.63, 3.8) is 0 Å². The Morgan fingerprint density at radius 3 is 2.75 bits per heavy atom. The van der Waals surface area contributed by atoms with E-state index >= 15 is 0 Å². The zero-order chi connectivity index (χ0) is 14.5. The molecule has 4 heteroatoms. The average molecular weight is 280 g/mol. The zero-order valence-corrected chi connectivity index (χ0v) is 12.4. The van der Waals surface area contributed by atoms with Crippen LogP contribution < -0.4 is 10.2 Å². The van der Waals surface area contributed by atoms with Gasteiger partial charge in [0.15, 0.2) is 0 Å². The summed E-state index contributed by atoms with van der Waals surface area (Å²) < 4.78 is 14.2. The topological polar surface area (TPSA) is 35.5 Å². The van der Waals surface area contributed by atoms with E-state index in [1.54, 1.807) is 6.07 Å². The molecular weight excluding hydrogens is 255 g/mol. The van der Waals surface area contributed by atoms with Gasteiger partial charge in [-0.1, -0.05) is 6.07 Å². The molecule has 1 aromatic carbocycles. The first-order valence-corrected chi connectivity index (χ1v) is 7.51. The summed E-state index contributed by atoms with van der Waals surface area (Å²) in [5, 5.41) is 12.4. The van der Waals surface area contributed by atoms with Gasteiger partial charge in [-0.3, -0.25) is 0 Å². The highest BCUT2D eigenvalue weighted by Gasteiger charge is 2.22. The van der Waals surface area contributed by atoms with Gasteiger partial charge in [-0.15, -0.1) is 0 Å². The van der Waals surface area contributed by atoms with Crippen LogP contribution in [-0.4, -0.2) is 30.3 Å². The van der Waals surface area contributed by atoms with Crippen molar-refractivity contribution in [2.24, 2.45) is 0 Å². The summed E-state index contributed by atoms with van der Waals surface area (Å²) in [5.41, 5.74) is 1.69. The lowest BCUT2D eigenvalue weighted by molar-refractivity contribution is 0.288. The Kier molecular flexibility index (Phi) is 5.38. The van der Waals surface area contributed by atoms with Crippen molar-refractivity contribution in [3.8, 4) is 0 Å². The molecule has 112 valence electrons. The van der Waals surface area contributed by atoms with Crippen molar-refractivity contribution in [1.29, 1.82) is 0 Å². The van der Waals surface area contributed by atoms with Crippen LogP contribution in [0, 0.1) is 5.82 Å². The van der Waals surface area contributed by atoms with E-state index < -0.39 is 0 Å². The van der Waals surface area contributed by atoms with Gasteiger partial charge in [-0.2, -0.15) is 0 Å². The number of aliphatic hydroxyl groups excluding tert-OH is 1. The maximum absolute atomic E-state index is 14.2. The monoisotopic (exact) mass is 280 g/mol. The van der Waals surface area contributed by atoms with Crippen LogP contribution >= 0.6 is 0 Å². The van der Waals surface area contributed by atoms with Crippen molar-refractivity contribution >= 4 is 5.69 Å². The molecule has 3 nitrogen and oxygen atoms in total. The van der Waals surface area contributed by atoms with Gasteiger partial charge in [0.1, 0.15) is 5.82 Å². The van der Waals surface area contributed by atoms with E-state index in [-0.39, 0.29) is 18.5 Å². The van der Waals surface area contributed by atoms with Crippen molar-refractivity contribution in [2.75, 3.05) is 18.1 Å². The van der Waals surface area contributed by atoms with Crippen LogP contribution in [0.3, 0.4) is 0 Å². The lowest BCUT2D eigenvalue weighted by Gasteiger charge is -2.31. The molecule has 0 amide bonds. The van der Waals surface area contributed by atoms with Gasteiger partial charge in [0, 0.05) is 43.0 Å². The second-order valence-corrected chi connectivity index (χ2v) is 5.76. The molecule has 1 saturated carbocycles. The summed E-state index contributed by atoms with van der Waals surface area (Å²) in [6.45, 7) is 5.68. The van der Waals surface area contributed by atoms with E-state index in [9.17, 15) is 4.39 Å². The predicted octanol–water partition coefficient (Wildman–Crippen LogP) is 2.67. The van der Waals surface area contributed by atoms with E-state index in [0.717, 1.165) is 17.8 Å². The lowest BCUT2D eigenvalue weighted by atomic mass is 10.1. The molecule has 0 saturated heterocycles. The highest BCUT2D eigenvalue weighted by atomic mass is 19.1. The van der Waals surface area contributed by atoms with E-state index in [4.69, 9.17) is 5.11 Å². The summed E-state index contributed by atoms with van der Waals surface area (Å²) in [5.74, 6) is -0.148. The van der Waals surface area contributed by atoms with Crippen LogP contribution in [0.4, 0.5) is 10.1 Å². The number of anilines is 1. The molecule has 0 aliphatic heterocycles. The zero-order valence-electron chi connectivity index (χ0n) is 12.4. The fourth-order valence-corrected chi connectivity index (χ4v) is 2.42. The summed E-state index contributed by atoms with van der Waals surface area (Å²) >= 11 is 0. The molecule has 2 N–H and O–H groups in total. The first-order valence-electron chi connectivity index (χ1n) is 7.51. The lowest BCUT2D eigenvalue weighted by Crippen LogP contribution is -2.34. The summed E-state index contributed by atoms with van der Waals surface area (Å²) in [7, 11) is 0. The van der Waals surface area contributed by atoms with E-state index in [2.05, 4.69) is 24.1 Å². The molecular formula is C16H25FN2O. The van der Waals surface area contributed by atoms with Crippen LogP contribution in [0.25, 0.3) is 0 Å². The number of nitrogens with one attached hydrogen (secondary N) is 1. The molecule has 0 aromatic heterocycles. The van der Waals surface area contributed by atoms with Crippen LogP contribution in [0.15, 0.2) is 18.2 Å². The highest BCUT2D eigenvalue weighted by Crippen LogP contribution is 2.27. The minimum Gasteiger partial charge on any atom is -0.396 e. The minimum atomic E-state index is -0.148. The number of hydrogen-bond acceptors (Lipinski definition) is 3. The smallest absolute Gasteiger partial charge is 0.129 e. The van der Waals surface area contributed by atoms with Gasteiger partial charge in [0.25, 0.3) is 0 Å². The third kappa shape index (κ3) is 3.93. The molecule has 0 bridgehead atoms. The van der Waals surface area contributed by atoms with Gasteiger partial charge in [0.05, 0.1) is 0 Å². The molecule has 1 aliphatic rings. The van der Waals surface area contributed by atoms with Crippen molar-refractivity contribution < 1.29 is 9.50 Å². The molecule has 1 aliphatic carbocycles. The first kappa shape index (κ1) is 15.3. The first-order chi connectivity index (χ1) is 9.63.